The highest BCUT2D eigenvalue weighted by Gasteiger charge is 2.33. The number of hydrogen-bond acceptors (Lipinski definition) is 6. The smallest absolute Gasteiger partial charge is 0.211 e. The molecule has 264 valence electrons. The maximum atomic E-state index is 12.9. The number of carbonyl (C=O) groups is 1. The van der Waals surface area contributed by atoms with Crippen molar-refractivity contribution in [1.82, 2.24) is 19.5 Å². The van der Waals surface area contributed by atoms with Crippen molar-refractivity contribution in [1.29, 1.82) is 0 Å². The summed E-state index contributed by atoms with van der Waals surface area (Å²) in [6.07, 6.45) is 7.58. The number of ketones is 1. The van der Waals surface area contributed by atoms with Crippen LogP contribution in [0.5, 0.6) is 0 Å². The largest absolute Gasteiger partial charge is 0.385 e. The summed E-state index contributed by atoms with van der Waals surface area (Å²) in [6, 6.07) is 19.3. The van der Waals surface area contributed by atoms with Gasteiger partial charge in [0.15, 0.2) is 5.78 Å². The Hall–Kier alpha value is -3.12. The van der Waals surface area contributed by atoms with Crippen molar-refractivity contribution in [3.8, 4) is 0 Å². The normalized spacial score (nSPS) is 17.5. The molecular formula is C38H48ClFN4O4S. The lowest BCUT2D eigenvalue weighted by Crippen LogP contribution is -2.42. The predicted molar refractivity (Wildman–Crippen MR) is 195 cm³/mol. The van der Waals surface area contributed by atoms with Crippen LogP contribution in [-0.4, -0.2) is 86.7 Å². The average molecular weight is 711 g/mol. The standard InChI is InChI=1S/C21H23ClFNO2.C17H25N3O2S/c22-18-7-5-17(6-8-18)21(26)11-14-24(15-12-21)13-1-2-20(25)16-3-9-19(23)10-4-16;1-18-23(21,22)10-7-13-3-4-17-15(11-13)16(12-19-17)14-5-8-20(2)9-6-14/h3-10,26H,1-2,11-15H2;3-4,11-12,14,18-19H,5-10H2,1-2H3. The van der Waals surface area contributed by atoms with Crippen LogP contribution in [-0.2, 0) is 22.0 Å². The van der Waals surface area contributed by atoms with Crippen molar-refractivity contribution in [3.63, 3.8) is 0 Å². The van der Waals surface area contributed by atoms with Crippen LogP contribution in [0.25, 0.3) is 10.9 Å². The van der Waals surface area contributed by atoms with Gasteiger partial charge in [0.05, 0.1) is 11.4 Å². The maximum absolute atomic E-state index is 12.9. The molecule has 3 N–H and O–H groups in total. The summed E-state index contributed by atoms with van der Waals surface area (Å²) in [5.74, 6) is 0.433. The van der Waals surface area contributed by atoms with Crippen LogP contribution in [0.2, 0.25) is 5.02 Å². The van der Waals surface area contributed by atoms with Gasteiger partial charge < -0.3 is 19.9 Å². The van der Waals surface area contributed by atoms with Gasteiger partial charge in [0.1, 0.15) is 5.82 Å². The fourth-order valence-corrected chi connectivity index (χ4v) is 7.63. The number of nitrogens with one attached hydrogen (secondary N) is 2. The zero-order chi connectivity index (χ0) is 35.0. The van der Waals surface area contributed by atoms with E-state index in [-0.39, 0.29) is 17.4 Å². The molecule has 0 aliphatic carbocycles. The number of fused-ring (bicyclic) bond motifs is 1. The number of carbonyl (C=O) groups excluding carboxylic acids is 1. The molecule has 2 saturated heterocycles. The highest BCUT2D eigenvalue weighted by molar-refractivity contribution is 7.89. The fraction of sp³-hybridized carbons (Fsp3) is 0.447. The Morgan fingerprint density at radius 3 is 2.35 bits per heavy atom. The molecule has 11 heteroatoms. The summed E-state index contributed by atoms with van der Waals surface area (Å²) in [5.41, 5.74) is 4.26. The van der Waals surface area contributed by atoms with Gasteiger partial charge in [-0.3, -0.25) is 4.79 Å². The van der Waals surface area contributed by atoms with Gasteiger partial charge >= 0.3 is 0 Å². The van der Waals surface area contributed by atoms with Gasteiger partial charge in [0.25, 0.3) is 0 Å². The number of sulfonamides is 1. The van der Waals surface area contributed by atoms with Crippen molar-refractivity contribution in [2.45, 2.75) is 56.5 Å². The van der Waals surface area contributed by atoms with Gasteiger partial charge in [-0.2, -0.15) is 0 Å². The van der Waals surface area contributed by atoms with Crippen molar-refractivity contribution in [2.75, 3.05) is 52.6 Å². The number of nitrogens with zero attached hydrogens (tertiary/aromatic N) is 2. The van der Waals surface area contributed by atoms with E-state index in [0.29, 0.717) is 42.2 Å². The van der Waals surface area contributed by atoms with Crippen LogP contribution in [0.4, 0.5) is 4.39 Å². The van der Waals surface area contributed by atoms with E-state index in [1.54, 1.807) is 0 Å². The predicted octanol–water partition coefficient (Wildman–Crippen LogP) is 6.49. The van der Waals surface area contributed by atoms with Gasteiger partial charge in [0, 0.05) is 47.2 Å². The molecule has 0 saturated carbocycles. The number of H-pyrrole nitrogens is 1. The topological polar surface area (TPSA) is 106 Å². The van der Waals surface area contributed by atoms with E-state index in [0.717, 1.165) is 55.8 Å². The van der Waals surface area contributed by atoms with Crippen LogP contribution >= 0.6 is 11.6 Å². The van der Waals surface area contributed by atoms with E-state index >= 15 is 0 Å². The Balaban J connectivity index is 0.000000192. The van der Waals surface area contributed by atoms with E-state index < -0.39 is 15.6 Å². The van der Waals surface area contributed by atoms with Crippen LogP contribution < -0.4 is 4.72 Å². The number of rotatable bonds is 11. The third-order valence-electron chi connectivity index (χ3n) is 10.0. The zero-order valence-corrected chi connectivity index (χ0v) is 30.0. The summed E-state index contributed by atoms with van der Waals surface area (Å²) >= 11 is 5.92. The van der Waals surface area contributed by atoms with Crippen LogP contribution in [0, 0.1) is 5.82 Å². The second kappa shape index (κ2) is 16.7. The molecule has 4 aromatic rings. The van der Waals surface area contributed by atoms with E-state index in [1.807, 2.05) is 30.3 Å². The summed E-state index contributed by atoms with van der Waals surface area (Å²) in [4.78, 5) is 20.1. The van der Waals surface area contributed by atoms with E-state index in [1.165, 1.54) is 55.1 Å². The molecule has 49 heavy (non-hydrogen) atoms. The van der Waals surface area contributed by atoms with E-state index in [9.17, 15) is 22.7 Å². The van der Waals surface area contributed by atoms with Crippen LogP contribution in [0.3, 0.4) is 0 Å². The maximum Gasteiger partial charge on any atom is 0.211 e. The minimum atomic E-state index is -3.16. The average Bonchev–Trinajstić information content (AvgIpc) is 3.53. The number of aliphatic hydroxyl groups is 1. The Morgan fingerprint density at radius 1 is 1.02 bits per heavy atom. The molecule has 1 aromatic heterocycles. The minimum Gasteiger partial charge on any atom is -0.385 e. The molecule has 2 aliphatic rings. The second-order valence-corrected chi connectivity index (χ2v) is 15.9. The van der Waals surface area contributed by atoms with Gasteiger partial charge in [-0.1, -0.05) is 29.8 Å². The zero-order valence-electron chi connectivity index (χ0n) is 28.4. The molecule has 2 fully saturated rings. The lowest BCUT2D eigenvalue weighted by molar-refractivity contribution is -0.0260. The van der Waals surface area contributed by atoms with Gasteiger partial charge in [-0.25, -0.2) is 17.5 Å². The summed E-state index contributed by atoms with van der Waals surface area (Å²) < 4.78 is 38.5. The number of aryl methyl sites for hydroxylation is 1. The Kier molecular flexibility index (Phi) is 12.7. The summed E-state index contributed by atoms with van der Waals surface area (Å²) in [6.45, 7) is 4.69. The number of aromatic nitrogens is 1. The molecule has 3 heterocycles. The molecule has 0 unspecified atom stereocenters. The molecule has 8 nitrogen and oxygen atoms in total. The van der Waals surface area contributed by atoms with Crippen molar-refractivity contribution >= 4 is 38.3 Å². The lowest BCUT2D eigenvalue weighted by Gasteiger charge is -2.38. The Labute approximate surface area is 294 Å². The van der Waals surface area contributed by atoms with Crippen LogP contribution in [0.15, 0.2) is 72.9 Å². The van der Waals surface area contributed by atoms with E-state index in [4.69, 9.17) is 11.6 Å². The highest BCUT2D eigenvalue weighted by atomic mass is 35.5. The molecule has 0 atom stereocenters. The number of benzene rings is 3. The van der Waals surface area contributed by atoms with Crippen molar-refractivity contribution in [3.05, 3.63) is 106 Å². The first-order chi connectivity index (χ1) is 23.4. The monoisotopic (exact) mass is 710 g/mol. The van der Waals surface area contributed by atoms with Gasteiger partial charge in [0.2, 0.25) is 10.0 Å². The number of piperidine rings is 2. The Morgan fingerprint density at radius 2 is 1.69 bits per heavy atom. The summed E-state index contributed by atoms with van der Waals surface area (Å²) in [7, 11) is 0.476. The molecule has 3 aromatic carbocycles. The first-order valence-corrected chi connectivity index (χ1v) is 19.2. The molecular weight excluding hydrogens is 663 g/mol. The molecule has 6 rings (SSSR count). The molecule has 0 amide bonds. The van der Waals surface area contributed by atoms with Gasteiger partial charge in [-0.05, 0) is 143 Å². The van der Waals surface area contributed by atoms with Crippen LogP contribution in [0.1, 0.15) is 71.5 Å². The number of aromatic amines is 1. The Bertz CT molecular complexity index is 1780. The first-order valence-electron chi connectivity index (χ1n) is 17.1. The first kappa shape index (κ1) is 37.1. The SMILES string of the molecule is CNS(=O)(=O)CCc1ccc2[nH]cc(C3CCN(C)CC3)c2c1.O=C(CCCN1CCC(O)(c2ccc(Cl)cc2)CC1)c1ccc(F)cc1. The number of likely N-dealkylation sites (tertiary alicyclic amines) is 2. The van der Waals surface area contributed by atoms with Crippen molar-refractivity contribution < 1.29 is 22.7 Å². The third-order valence-corrected chi connectivity index (χ3v) is 11.6. The van der Waals surface area contributed by atoms with Gasteiger partial charge in [-0.15, -0.1) is 0 Å². The molecule has 2 aliphatic heterocycles. The molecule has 0 spiro atoms. The fourth-order valence-electron chi connectivity index (χ4n) is 6.80. The number of halogens is 2. The lowest BCUT2D eigenvalue weighted by atomic mass is 9.84. The number of Topliss-reactive ketones (excluding diaryl/α,β-unsaturated/α-hetero) is 1. The quantitative estimate of drug-likeness (QED) is 0.154. The van der Waals surface area contributed by atoms with Crippen molar-refractivity contribution in [2.24, 2.45) is 0 Å². The van der Waals surface area contributed by atoms with E-state index in [2.05, 4.69) is 44.9 Å². The summed E-state index contributed by atoms with van der Waals surface area (Å²) in [5, 5.41) is 12.8. The molecule has 0 bridgehead atoms. The molecule has 0 radical (unpaired) electrons. The third kappa shape index (κ3) is 10.2. The highest BCUT2D eigenvalue weighted by Crippen LogP contribution is 2.34. The second-order valence-electron chi connectivity index (χ2n) is 13.4. The minimum absolute atomic E-state index is 0.0414. The number of hydrogen-bond donors (Lipinski definition) is 3.